The number of carbonyl (C=O) groups is 2. The highest BCUT2D eigenvalue weighted by Crippen LogP contribution is 2.27. The van der Waals surface area contributed by atoms with Crippen molar-refractivity contribution in [3.05, 3.63) is 35.6 Å². The fraction of sp³-hybridized carbons (Fsp3) is 0.385. The average molecular weight is 284 g/mol. The van der Waals surface area contributed by atoms with E-state index in [1.807, 2.05) is 6.92 Å². The number of halogens is 1. The van der Waals surface area contributed by atoms with Crippen molar-refractivity contribution in [1.29, 1.82) is 0 Å². The lowest BCUT2D eigenvalue weighted by Gasteiger charge is -2.11. The summed E-state index contributed by atoms with van der Waals surface area (Å²) in [6.07, 6.45) is 0. The summed E-state index contributed by atoms with van der Waals surface area (Å²) in [6.45, 7) is 4.17. The number of hydrogen-bond acceptors (Lipinski definition) is 3. The standard InChI is InChI=1S/C13H17FN2O2S/c1-3-15-13(18)16-12(17)8-19-9(2)10-4-6-11(14)7-5-10/h4-7,9H,3,8H2,1-2H3,(H2,15,16,17,18)/t9-/m1/s1. The second-order valence-corrected chi connectivity index (χ2v) is 5.24. The fourth-order valence-electron chi connectivity index (χ4n) is 1.40. The molecule has 1 rings (SSSR count). The molecule has 4 nitrogen and oxygen atoms in total. The molecule has 0 aliphatic heterocycles. The number of benzene rings is 1. The Hall–Kier alpha value is -1.56. The van der Waals surface area contributed by atoms with E-state index in [9.17, 15) is 14.0 Å². The van der Waals surface area contributed by atoms with Crippen LogP contribution in [0, 0.1) is 5.82 Å². The van der Waals surface area contributed by atoms with Crippen LogP contribution in [0.1, 0.15) is 24.7 Å². The average Bonchev–Trinajstić information content (AvgIpc) is 2.37. The summed E-state index contributed by atoms with van der Waals surface area (Å²) in [6, 6.07) is 5.67. The maximum Gasteiger partial charge on any atom is 0.321 e. The van der Waals surface area contributed by atoms with Gasteiger partial charge in [0, 0.05) is 11.8 Å². The van der Waals surface area contributed by atoms with Crippen molar-refractivity contribution in [3.63, 3.8) is 0 Å². The van der Waals surface area contributed by atoms with Crippen LogP contribution in [-0.2, 0) is 4.79 Å². The highest BCUT2D eigenvalue weighted by atomic mass is 32.2. The first kappa shape index (κ1) is 15.5. The van der Waals surface area contributed by atoms with Gasteiger partial charge in [0.05, 0.1) is 5.75 Å². The molecule has 1 aromatic carbocycles. The lowest BCUT2D eigenvalue weighted by molar-refractivity contribution is -0.117. The number of amides is 3. The van der Waals surface area contributed by atoms with Crippen molar-refractivity contribution < 1.29 is 14.0 Å². The molecule has 104 valence electrons. The molecule has 0 aromatic heterocycles. The van der Waals surface area contributed by atoms with Gasteiger partial charge in [0.25, 0.3) is 0 Å². The molecular weight excluding hydrogens is 267 g/mol. The van der Waals surface area contributed by atoms with E-state index in [1.54, 1.807) is 19.1 Å². The number of carbonyl (C=O) groups excluding carboxylic acids is 2. The van der Waals surface area contributed by atoms with Gasteiger partial charge >= 0.3 is 6.03 Å². The van der Waals surface area contributed by atoms with E-state index in [1.165, 1.54) is 23.9 Å². The molecule has 19 heavy (non-hydrogen) atoms. The Bertz CT molecular complexity index is 437. The summed E-state index contributed by atoms with van der Waals surface area (Å²) in [5.74, 6) is -0.449. The summed E-state index contributed by atoms with van der Waals surface area (Å²) in [7, 11) is 0. The predicted molar refractivity (Wildman–Crippen MR) is 74.5 cm³/mol. The summed E-state index contributed by atoms with van der Waals surface area (Å²) in [5, 5.41) is 4.76. The Morgan fingerprint density at radius 2 is 1.95 bits per heavy atom. The van der Waals surface area contributed by atoms with Crippen LogP contribution in [-0.4, -0.2) is 24.2 Å². The first-order valence-corrected chi connectivity index (χ1v) is 7.02. The van der Waals surface area contributed by atoms with E-state index in [0.29, 0.717) is 6.54 Å². The molecule has 3 amide bonds. The molecular formula is C13H17FN2O2S. The number of imide groups is 1. The third kappa shape index (κ3) is 5.74. The zero-order chi connectivity index (χ0) is 14.3. The zero-order valence-electron chi connectivity index (χ0n) is 10.9. The molecule has 6 heteroatoms. The first-order valence-electron chi connectivity index (χ1n) is 5.97. The second-order valence-electron chi connectivity index (χ2n) is 3.91. The lowest BCUT2D eigenvalue weighted by atomic mass is 10.2. The molecule has 0 saturated heterocycles. The zero-order valence-corrected chi connectivity index (χ0v) is 11.7. The van der Waals surface area contributed by atoms with Crippen LogP contribution in [0.5, 0.6) is 0 Å². The molecule has 0 radical (unpaired) electrons. The van der Waals surface area contributed by atoms with Crippen LogP contribution in [0.3, 0.4) is 0 Å². The summed E-state index contributed by atoms with van der Waals surface area (Å²) in [4.78, 5) is 22.6. The summed E-state index contributed by atoms with van der Waals surface area (Å²) in [5.41, 5.74) is 0.942. The molecule has 2 N–H and O–H groups in total. The summed E-state index contributed by atoms with van der Waals surface area (Å²) >= 11 is 1.39. The maximum absolute atomic E-state index is 12.8. The van der Waals surface area contributed by atoms with Crippen molar-refractivity contribution in [3.8, 4) is 0 Å². The molecule has 1 atom stereocenters. The Balaban J connectivity index is 2.37. The first-order chi connectivity index (χ1) is 9.02. The van der Waals surface area contributed by atoms with Crippen molar-refractivity contribution in [2.45, 2.75) is 19.1 Å². The third-order valence-corrected chi connectivity index (χ3v) is 3.60. The number of rotatable bonds is 5. The van der Waals surface area contributed by atoms with E-state index in [4.69, 9.17) is 0 Å². The molecule has 0 saturated carbocycles. The maximum atomic E-state index is 12.8. The van der Waals surface area contributed by atoms with Gasteiger partial charge in [-0.2, -0.15) is 0 Å². The third-order valence-electron chi connectivity index (χ3n) is 2.39. The van der Waals surface area contributed by atoms with Crippen molar-refractivity contribution >= 4 is 23.7 Å². The van der Waals surface area contributed by atoms with Crippen LogP contribution in [0.4, 0.5) is 9.18 Å². The minimum absolute atomic E-state index is 0.0561. The second kappa shape index (κ2) is 7.78. The van der Waals surface area contributed by atoms with E-state index in [2.05, 4.69) is 10.6 Å². The lowest BCUT2D eigenvalue weighted by Crippen LogP contribution is -2.40. The number of urea groups is 1. The van der Waals surface area contributed by atoms with Crippen molar-refractivity contribution in [2.75, 3.05) is 12.3 Å². The fourth-order valence-corrected chi connectivity index (χ4v) is 2.22. The van der Waals surface area contributed by atoms with Crippen LogP contribution < -0.4 is 10.6 Å². The highest BCUT2D eigenvalue weighted by molar-refractivity contribution is 8.00. The Kier molecular flexibility index (Phi) is 6.35. The normalized spacial score (nSPS) is 11.7. The number of hydrogen-bond donors (Lipinski definition) is 2. The topological polar surface area (TPSA) is 58.2 Å². The quantitative estimate of drug-likeness (QED) is 0.873. The minimum atomic E-state index is -0.484. The predicted octanol–water partition coefficient (Wildman–Crippen LogP) is 2.47. The highest BCUT2D eigenvalue weighted by Gasteiger charge is 2.11. The van der Waals surface area contributed by atoms with Gasteiger partial charge in [0.15, 0.2) is 0 Å². The molecule has 0 fully saturated rings. The number of thioether (sulfide) groups is 1. The molecule has 1 aromatic rings. The molecule has 0 unspecified atom stereocenters. The molecule has 0 heterocycles. The van der Waals surface area contributed by atoms with Gasteiger partial charge in [-0.25, -0.2) is 9.18 Å². The molecule has 0 aliphatic rings. The van der Waals surface area contributed by atoms with Gasteiger partial charge in [-0.1, -0.05) is 12.1 Å². The Morgan fingerprint density at radius 1 is 1.32 bits per heavy atom. The van der Waals surface area contributed by atoms with Crippen LogP contribution >= 0.6 is 11.8 Å². The van der Waals surface area contributed by atoms with Crippen LogP contribution in [0.25, 0.3) is 0 Å². The van der Waals surface area contributed by atoms with Gasteiger partial charge in [0.1, 0.15) is 5.82 Å². The van der Waals surface area contributed by atoms with Crippen LogP contribution in [0.2, 0.25) is 0 Å². The van der Waals surface area contributed by atoms with Gasteiger partial charge in [-0.3, -0.25) is 10.1 Å². The van der Waals surface area contributed by atoms with Gasteiger partial charge < -0.3 is 5.32 Å². The summed E-state index contributed by atoms with van der Waals surface area (Å²) < 4.78 is 12.8. The van der Waals surface area contributed by atoms with Crippen molar-refractivity contribution in [2.24, 2.45) is 0 Å². The van der Waals surface area contributed by atoms with Gasteiger partial charge in [-0.05, 0) is 31.5 Å². The molecule has 0 bridgehead atoms. The Morgan fingerprint density at radius 3 is 2.53 bits per heavy atom. The van der Waals surface area contributed by atoms with Gasteiger partial charge in [-0.15, -0.1) is 11.8 Å². The molecule has 0 aliphatic carbocycles. The van der Waals surface area contributed by atoms with Crippen molar-refractivity contribution in [1.82, 2.24) is 10.6 Å². The largest absolute Gasteiger partial charge is 0.338 e. The van der Waals surface area contributed by atoms with E-state index >= 15 is 0 Å². The SMILES string of the molecule is CCNC(=O)NC(=O)CS[C@H](C)c1ccc(F)cc1. The monoisotopic (exact) mass is 284 g/mol. The minimum Gasteiger partial charge on any atom is -0.338 e. The van der Waals surface area contributed by atoms with E-state index in [0.717, 1.165) is 5.56 Å². The molecule has 0 spiro atoms. The van der Waals surface area contributed by atoms with Gasteiger partial charge in [0.2, 0.25) is 5.91 Å². The smallest absolute Gasteiger partial charge is 0.321 e. The van der Waals surface area contributed by atoms with E-state index < -0.39 is 6.03 Å². The number of nitrogens with one attached hydrogen (secondary N) is 2. The Labute approximate surface area is 116 Å². The van der Waals surface area contributed by atoms with E-state index in [-0.39, 0.29) is 22.7 Å². The van der Waals surface area contributed by atoms with Crippen LogP contribution in [0.15, 0.2) is 24.3 Å².